The number of hydrogen-bond acceptors (Lipinski definition) is 3. The fraction of sp³-hybridized carbons (Fsp3) is 0.143. The van der Waals surface area contributed by atoms with Crippen molar-refractivity contribution < 1.29 is 0 Å². The predicted molar refractivity (Wildman–Crippen MR) is 71.1 cm³/mol. The molecule has 0 atom stereocenters. The SMILES string of the molecule is Cc1nc2ccc(-c3ccccc3)nn2c1CN. The molecule has 0 bridgehead atoms. The van der Waals surface area contributed by atoms with E-state index < -0.39 is 0 Å². The first-order valence-corrected chi connectivity index (χ1v) is 5.90. The maximum atomic E-state index is 5.75. The molecule has 4 heteroatoms. The van der Waals surface area contributed by atoms with Gasteiger partial charge in [0.25, 0.3) is 0 Å². The quantitative estimate of drug-likeness (QED) is 0.744. The van der Waals surface area contributed by atoms with Gasteiger partial charge in [0.15, 0.2) is 5.65 Å². The van der Waals surface area contributed by atoms with Crippen molar-refractivity contribution in [3.63, 3.8) is 0 Å². The van der Waals surface area contributed by atoms with Crippen molar-refractivity contribution in [1.82, 2.24) is 14.6 Å². The van der Waals surface area contributed by atoms with Crippen LogP contribution in [0.15, 0.2) is 42.5 Å². The molecule has 0 aliphatic heterocycles. The number of imidazole rings is 1. The van der Waals surface area contributed by atoms with Gasteiger partial charge in [0.1, 0.15) is 0 Å². The smallest absolute Gasteiger partial charge is 0.154 e. The minimum atomic E-state index is 0.443. The molecule has 0 radical (unpaired) electrons. The summed E-state index contributed by atoms with van der Waals surface area (Å²) >= 11 is 0. The number of aryl methyl sites for hydroxylation is 1. The van der Waals surface area contributed by atoms with Gasteiger partial charge in [-0.3, -0.25) is 0 Å². The Balaban J connectivity index is 2.22. The third kappa shape index (κ3) is 1.67. The Kier molecular flexibility index (Phi) is 2.57. The molecule has 0 saturated heterocycles. The van der Waals surface area contributed by atoms with E-state index in [1.807, 2.05) is 53.9 Å². The standard InChI is InChI=1S/C14H14N4/c1-10-13(9-15)18-14(16-10)8-7-12(17-18)11-5-3-2-4-6-11/h2-8H,9,15H2,1H3. The van der Waals surface area contributed by atoms with Gasteiger partial charge in [-0.05, 0) is 19.1 Å². The molecule has 90 valence electrons. The summed E-state index contributed by atoms with van der Waals surface area (Å²) in [5.41, 5.74) is 10.5. The molecule has 0 fully saturated rings. The van der Waals surface area contributed by atoms with E-state index in [0.717, 1.165) is 28.3 Å². The summed E-state index contributed by atoms with van der Waals surface area (Å²) in [5.74, 6) is 0. The lowest BCUT2D eigenvalue weighted by Gasteiger charge is -2.03. The van der Waals surface area contributed by atoms with E-state index in [1.165, 1.54) is 0 Å². The highest BCUT2D eigenvalue weighted by Gasteiger charge is 2.09. The molecular formula is C14H14N4. The van der Waals surface area contributed by atoms with Gasteiger partial charge in [-0.2, -0.15) is 5.10 Å². The molecule has 0 amide bonds. The number of nitrogens with two attached hydrogens (primary N) is 1. The molecule has 0 unspecified atom stereocenters. The highest BCUT2D eigenvalue weighted by atomic mass is 15.3. The second-order valence-corrected chi connectivity index (χ2v) is 4.20. The lowest BCUT2D eigenvalue weighted by Crippen LogP contribution is -2.05. The zero-order valence-corrected chi connectivity index (χ0v) is 10.2. The van der Waals surface area contributed by atoms with Crippen molar-refractivity contribution >= 4 is 5.65 Å². The van der Waals surface area contributed by atoms with E-state index >= 15 is 0 Å². The first kappa shape index (κ1) is 10.9. The average Bonchev–Trinajstić information content (AvgIpc) is 2.74. The molecule has 1 aromatic carbocycles. The van der Waals surface area contributed by atoms with Crippen molar-refractivity contribution in [2.24, 2.45) is 5.73 Å². The van der Waals surface area contributed by atoms with Crippen LogP contribution < -0.4 is 5.73 Å². The third-order valence-electron chi connectivity index (χ3n) is 3.03. The molecule has 4 nitrogen and oxygen atoms in total. The Labute approximate surface area is 105 Å². The van der Waals surface area contributed by atoms with Crippen LogP contribution in [0.4, 0.5) is 0 Å². The molecule has 2 N–H and O–H groups in total. The van der Waals surface area contributed by atoms with Gasteiger partial charge in [0.2, 0.25) is 0 Å². The average molecular weight is 238 g/mol. The summed E-state index contributed by atoms with van der Waals surface area (Å²) in [4.78, 5) is 4.44. The summed E-state index contributed by atoms with van der Waals surface area (Å²) in [7, 11) is 0. The molecule has 18 heavy (non-hydrogen) atoms. The first-order valence-electron chi connectivity index (χ1n) is 5.90. The van der Waals surface area contributed by atoms with Gasteiger partial charge < -0.3 is 5.73 Å². The summed E-state index contributed by atoms with van der Waals surface area (Å²) in [6, 6.07) is 14.0. The third-order valence-corrected chi connectivity index (χ3v) is 3.03. The van der Waals surface area contributed by atoms with Crippen LogP contribution in [0.1, 0.15) is 11.4 Å². The van der Waals surface area contributed by atoms with Crippen LogP contribution in [0.25, 0.3) is 16.9 Å². The Bertz CT molecular complexity index is 686. The molecule has 2 heterocycles. The molecule has 0 aliphatic rings. The maximum absolute atomic E-state index is 5.75. The largest absolute Gasteiger partial charge is 0.325 e. The Hall–Kier alpha value is -2.20. The van der Waals surface area contributed by atoms with E-state index in [-0.39, 0.29) is 0 Å². The van der Waals surface area contributed by atoms with Gasteiger partial charge in [-0.1, -0.05) is 30.3 Å². The molecule has 0 spiro atoms. The first-order chi connectivity index (χ1) is 8.79. The molecular weight excluding hydrogens is 224 g/mol. The fourth-order valence-electron chi connectivity index (χ4n) is 2.09. The van der Waals surface area contributed by atoms with E-state index in [2.05, 4.69) is 10.1 Å². The second kappa shape index (κ2) is 4.23. The van der Waals surface area contributed by atoms with Gasteiger partial charge in [0, 0.05) is 12.1 Å². The van der Waals surface area contributed by atoms with Crippen LogP contribution >= 0.6 is 0 Å². The zero-order chi connectivity index (χ0) is 12.5. The summed E-state index contributed by atoms with van der Waals surface area (Å²) < 4.78 is 1.83. The molecule has 3 aromatic rings. The minimum absolute atomic E-state index is 0.443. The Morgan fingerprint density at radius 3 is 2.61 bits per heavy atom. The van der Waals surface area contributed by atoms with Crippen molar-refractivity contribution in [1.29, 1.82) is 0 Å². The van der Waals surface area contributed by atoms with Crippen LogP contribution in [0.5, 0.6) is 0 Å². The topological polar surface area (TPSA) is 56.2 Å². The number of benzene rings is 1. The lowest BCUT2D eigenvalue weighted by atomic mass is 10.1. The number of nitrogens with zero attached hydrogens (tertiary/aromatic N) is 3. The number of fused-ring (bicyclic) bond motifs is 1. The number of aromatic nitrogens is 3. The Morgan fingerprint density at radius 2 is 1.89 bits per heavy atom. The van der Waals surface area contributed by atoms with Gasteiger partial charge in [-0.25, -0.2) is 9.50 Å². The normalized spacial score (nSPS) is 11.0. The van der Waals surface area contributed by atoms with Gasteiger partial charge in [0.05, 0.1) is 17.1 Å². The molecule has 0 aliphatic carbocycles. The highest BCUT2D eigenvalue weighted by Crippen LogP contribution is 2.18. The lowest BCUT2D eigenvalue weighted by molar-refractivity contribution is 0.843. The monoisotopic (exact) mass is 238 g/mol. The van der Waals surface area contributed by atoms with Gasteiger partial charge in [-0.15, -0.1) is 0 Å². The van der Waals surface area contributed by atoms with Crippen molar-refractivity contribution in [2.75, 3.05) is 0 Å². The van der Waals surface area contributed by atoms with Crippen LogP contribution in [0.3, 0.4) is 0 Å². The van der Waals surface area contributed by atoms with Crippen LogP contribution in [0, 0.1) is 6.92 Å². The highest BCUT2D eigenvalue weighted by molar-refractivity contribution is 5.60. The minimum Gasteiger partial charge on any atom is -0.325 e. The predicted octanol–water partition coefficient (Wildman–Crippen LogP) is 2.16. The number of rotatable bonds is 2. The maximum Gasteiger partial charge on any atom is 0.154 e. The second-order valence-electron chi connectivity index (χ2n) is 4.20. The van der Waals surface area contributed by atoms with E-state index in [1.54, 1.807) is 0 Å². The Morgan fingerprint density at radius 1 is 1.11 bits per heavy atom. The molecule has 2 aromatic heterocycles. The summed E-state index contributed by atoms with van der Waals surface area (Å²) in [5, 5.41) is 4.61. The van der Waals surface area contributed by atoms with E-state index in [4.69, 9.17) is 5.73 Å². The summed E-state index contributed by atoms with van der Waals surface area (Å²) in [6.07, 6.45) is 0. The molecule has 0 saturated carbocycles. The van der Waals surface area contributed by atoms with Crippen LogP contribution in [0.2, 0.25) is 0 Å². The van der Waals surface area contributed by atoms with E-state index in [9.17, 15) is 0 Å². The van der Waals surface area contributed by atoms with Crippen LogP contribution in [-0.2, 0) is 6.54 Å². The van der Waals surface area contributed by atoms with Crippen molar-refractivity contribution in [3.05, 3.63) is 53.9 Å². The number of hydrogen-bond donors (Lipinski definition) is 1. The van der Waals surface area contributed by atoms with Crippen molar-refractivity contribution in [2.45, 2.75) is 13.5 Å². The molecule has 3 rings (SSSR count). The van der Waals surface area contributed by atoms with E-state index in [0.29, 0.717) is 6.54 Å². The zero-order valence-electron chi connectivity index (χ0n) is 10.2. The van der Waals surface area contributed by atoms with Gasteiger partial charge >= 0.3 is 0 Å². The van der Waals surface area contributed by atoms with Crippen LogP contribution in [-0.4, -0.2) is 14.6 Å². The van der Waals surface area contributed by atoms with Crippen molar-refractivity contribution in [3.8, 4) is 11.3 Å². The summed E-state index contributed by atoms with van der Waals surface area (Å²) in [6.45, 7) is 2.40. The fourth-order valence-corrected chi connectivity index (χ4v) is 2.09.